The molecule has 1 atom stereocenters. The fourth-order valence-corrected chi connectivity index (χ4v) is 4.18. The van der Waals surface area contributed by atoms with Crippen molar-refractivity contribution in [2.24, 2.45) is 0 Å². The van der Waals surface area contributed by atoms with Crippen molar-refractivity contribution in [3.05, 3.63) is 46.5 Å². The zero-order valence-electron chi connectivity index (χ0n) is 16.5. The van der Waals surface area contributed by atoms with Crippen LogP contribution in [-0.4, -0.2) is 47.4 Å². The van der Waals surface area contributed by atoms with E-state index in [-0.39, 0.29) is 11.8 Å². The van der Waals surface area contributed by atoms with Gasteiger partial charge >= 0.3 is 0 Å². The maximum Gasteiger partial charge on any atom is 0.270 e. The largest absolute Gasteiger partial charge is 0.351 e. The number of hydrogen-bond acceptors (Lipinski definition) is 5. The molecular formula is C21H28N4O2S. The van der Waals surface area contributed by atoms with E-state index in [0.717, 1.165) is 25.1 Å². The number of benzene rings is 1. The van der Waals surface area contributed by atoms with Gasteiger partial charge in [-0.05, 0) is 51.3 Å². The lowest BCUT2D eigenvalue weighted by Crippen LogP contribution is -2.39. The number of hydrogen-bond donors (Lipinski definition) is 2. The summed E-state index contributed by atoms with van der Waals surface area (Å²) in [5.74, 6) is -0.408. The molecule has 2 amide bonds. The lowest BCUT2D eigenvalue weighted by atomic mass is 10.0. The molecule has 1 unspecified atom stereocenters. The van der Waals surface area contributed by atoms with E-state index in [0.29, 0.717) is 29.0 Å². The van der Waals surface area contributed by atoms with Gasteiger partial charge in [0.15, 0.2) is 5.13 Å². The highest BCUT2D eigenvalue weighted by atomic mass is 32.1. The van der Waals surface area contributed by atoms with Crippen molar-refractivity contribution < 1.29 is 9.59 Å². The van der Waals surface area contributed by atoms with Gasteiger partial charge in [0.05, 0.1) is 0 Å². The molecule has 2 heterocycles. The molecule has 2 aromatic rings. The Kier molecular flexibility index (Phi) is 7.17. The summed E-state index contributed by atoms with van der Waals surface area (Å²) in [6.45, 7) is 6.96. The van der Waals surface area contributed by atoms with Gasteiger partial charge in [0.1, 0.15) is 5.69 Å². The summed E-state index contributed by atoms with van der Waals surface area (Å²) in [7, 11) is 0. The first-order valence-corrected chi connectivity index (χ1v) is 10.8. The van der Waals surface area contributed by atoms with Gasteiger partial charge in [-0.1, -0.05) is 24.6 Å². The average Bonchev–Trinajstić information content (AvgIpc) is 3.15. The predicted molar refractivity (Wildman–Crippen MR) is 113 cm³/mol. The average molecular weight is 401 g/mol. The highest BCUT2D eigenvalue weighted by Crippen LogP contribution is 2.18. The number of piperidine rings is 1. The minimum atomic E-state index is -0.213. The van der Waals surface area contributed by atoms with E-state index in [1.807, 2.05) is 25.1 Å². The molecule has 28 heavy (non-hydrogen) atoms. The first-order chi connectivity index (χ1) is 13.5. The fraction of sp³-hybridized carbons (Fsp3) is 0.476. The first-order valence-electron chi connectivity index (χ1n) is 9.89. The Bertz CT molecular complexity index is 820. The molecule has 6 nitrogen and oxygen atoms in total. The zero-order valence-corrected chi connectivity index (χ0v) is 17.3. The van der Waals surface area contributed by atoms with Crippen molar-refractivity contribution in [2.45, 2.75) is 45.6 Å². The SMILES string of the molecule is Cc1ccccc1C(=O)Nc1nc(C(=O)NCCCN2CCCCC2C)cs1. The van der Waals surface area contributed by atoms with Crippen LogP contribution in [0.4, 0.5) is 5.13 Å². The van der Waals surface area contributed by atoms with Crippen LogP contribution in [0.15, 0.2) is 29.6 Å². The number of carbonyl (C=O) groups is 2. The van der Waals surface area contributed by atoms with Crippen LogP contribution in [0.3, 0.4) is 0 Å². The minimum absolute atomic E-state index is 0.195. The topological polar surface area (TPSA) is 74.3 Å². The summed E-state index contributed by atoms with van der Waals surface area (Å²) in [5, 5.41) is 7.81. The van der Waals surface area contributed by atoms with Gasteiger partial charge in [-0.2, -0.15) is 0 Å². The summed E-state index contributed by atoms with van der Waals surface area (Å²) in [4.78, 5) is 31.4. The first kappa shape index (κ1) is 20.5. The van der Waals surface area contributed by atoms with E-state index in [9.17, 15) is 9.59 Å². The van der Waals surface area contributed by atoms with Crippen LogP contribution < -0.4 is 10.6 Å². The van der Waals surface area contributed by atoms with Gasteiger partial charge < -0.3 is 10.2 Å². The van der Waals surface area contributed by atoms with Gasteiger partial charge in [0.25, 0.3) is 11.8 Å². The Balaban J connectivity index is 1.45. The van der Waals surface area contributed by atoms with E-state index in [2.05, 4.69) is 27.4 Å². The van der Waals surface area contributed by atoms with Crippen LogP contribution in [0.2, 0.25) is 0 Å². The third-order valence-corrected chi connectivity index (χ3v) is 5.95. The van der Waals surface area contributed by atoms with Crippen molar-refractivity contribution in [3.8, 4) is 0 Å². The molecule has 0 radical (unpaired) electrons. The third kappa shape index (κ3) is 5.39. The maximum atomic E-state index is 12.4. The number of amides is 2. The number of aromatic nitrogens is 1. The minimum Gasteiger partial charge on any atom is -0.351 e. The molecule has 0 saturated carbocycles. The molecule has 0 bridgehead atoms. The van der Waals surface area contributed by atoms with E-state index >= 15 is 0 Å². The molecule has 1 aromatic heterocycles. The van der Waals surface area contributed by atoms with Crippen LogP contribution in [0.1, 0.15) is 59.0 Å². The Morgan fingerprint density at radius 1 is 1.25 bits per heavy atom. The number of likely N-dealkylation sites (tertiary alicyclic amines) is 1. The van der Waals surface area contributed by atoms with Gasteiger partial charge in [-0.15, -0.1) is 11.3 Å². The molecular weight excluding hydrogens is 372 g/mol. The van der Waals surface area contributed by atoms with E-state index in [1.54, 1.807) is 11.4 Å². The van der Waals surface area contributed by atoms with Crippen LogP contribution in [0, 0.1) is 6.92 Å². The number of aryl methyl sites for hydroxylation is 1. The molecule has 3 rings (SSSR count). The molecule has 1 fully saturated rings. The van der Waals surface area contributed by atoms with Crippen LogP contribution in [-0.2, 0) is 0 Å². The molecule has 2 N–H and O–H groups in total. The lowest BCUT2D eigenvalue weighted by molar-refractivity contribution is 0.0943. The zero-order chi connectivity index (χ0) is 19.9. The molecule has 1 saturated heterocycles. The Morgan fingerprint density at radius 2 is 2.07 bits per heavy atom. The van der Waals surface area contributed by atoms with Crippen molar-refractivity contribution >= 4 is 28.3 Å². The van der Waals surface area contributed by atoms with Gasteiger partial charge in [0, 0.05) is 30.1 Å². The smallest absolute Gasteiger partial charge is 0.270 e. The number of anilines is 1. The van der Waals surface area contributed by atoms with Gasteiger partial charge in [-0.25, -0.2) is 4.98 Å². The van der Waals surface area contributed by atoms with Crippen molar-refractivity contribution in [2.75, 3.05) is 25.0 Å². The summed E-state index contributed by atoms with van der Waals surface area (Å²) in [6, 6.07) is 8.02. The van der Waals surface area contributed by atoms with Crippen molar-refractivity contribution in [3.63, 3.8) is 0 Å². The second-order valence-corrected chi connectivity index (χ2v) is 8.16. The summed E-state index contributed by atoms with van der Waals surface area (Å²) in [6.07, 6.45) is 4.78. The lowest BCUT2D eigenvalue weighted by Gasteiger charge is -2.33. The molecule has 1 aromatic carbocycles. The summed E-state index contributed by atoms with van der Waals surface area (Å²) >= 11 is 1.26. The molecule has 7 heteroatoms. The highest BCUT2D eigenvalue weighted by Gasteiger charge is 2.18. The summed E-state index contributed by atoms with van der Waals surface area (Å²) < 4.78 is 0. The Hall–Kier alpha value is -2.25. The Labute approximate surface area is 170 Å². The second-order valence-electron chi connectivity index (χ2n) is 7.30. The number of thiazole rings is 1. The monoisotopic (exact) mass is 400 g/mol. The van der Waals surface area contributed by atoms with Crippen LogP contribution in [0.5, 0.6) is 0 Å². The Morgan fingerprint density at radius 3 is 2.86 bits per heavy atom. The molecule has 150 valence electrons. The standard InChI is InChI=1S/C21H28N4O2S/c1-15-8-3-4-10-17(15)19(26)24-21-23-18(14-28-21)20(27)22-11-7-13-25-12-6-5-9-16(25)2/h3-4,8,10,14,16H,5-7,9,11-13H2,1-2H3,(H,22,27)(H,23,24,26). The number of carbonyl (C=O) groups excluding carboxylic acids is 2. The van der Waals surface area contributed by atoms with Gasteiger partial charge in [-0.3, -0.25) is 14.9 Å². The molecule has 1 aliphatic rings. The van der Waals surface area contributed by atoms with E-state index in [4.69, 9.17) is 0 Å². The molecule has 0 spiro atoms. The highest BCUT2D eigenvalue weighted by molar-refractivity contribution is 7.14. The van der Waals surface area contributed by atoms with E-state index in [1.165, 1.54) is 30.6 Å². The fourth-order valence-electron chi connectivity index (χ4n) is 3.49. The predicted octanol–water partition coefficient (Wildman–Crippen LogP) is 3.70. The number of rotatable bonds is 7. The number of nitrogens with zero attached hydrogens (tertiary/aromatic N) is 2. The molecule has 1 aliphatic heterocycles. The summed E-state index contributed by atoms with van der Waals surface area (Å²) in [5.41, 5.74) is 1.85. The van der Waals surface area contributed by atoms with Crippen molar-refractivity contribution in [1.82, 2.24) is 15.2 Å². The maximum absolute atomic E-state index is 12.4. The normalized spacial score (nSPS) is 17.3. The second kappa shape index (κ2) is 9.80. The van der Waals surface area contributed by atoms with Crippen LogP contribution in [0.25, 0.3) is 0 Å². The number of nitrogens with one attached hydrogen (secondary N) is 2. The third-order valence-electron chi connectivity index (χ3n) is 5.20. The van der Waals surface area contributed by atoms with Crippen LogP contribution >= 0.6 is 11.3 Å². The van der Waals surface area contributed by atoms with E-state index < -0.39 is 0 Å². The van der Waals surface area contributed by atoms with Crippen molar-refractivity contribution in [1.29, 1.82) is 0 Å². The quantitative estimate of drug-likeness (QED) is 0.695. The van der Waals surface area contributed by atoms with Gasteiger partial charge in [0.2, 0.25) is 0 Å². The molecule has 0 aliphatic carbocycles.